The molecule has 0 radical (unpaired) electrons. The highest BCUT2D eigenvalue weighted by atomic mass is 15.4. The molecule has 8 heavy (non-hydrogen) atoms. The van der Waals surface area contributed by atoms with Crippen LogP contribution in [0, 0.1) is 0 Å². The van der Waals surface area contributed by atoms with Gasteiger partial charge in [-0.05, 0) is 13.0 Å². The third kappa shape index (κ3) is 2.64. The predicted octanol–water partition coefficient (Wildman–Crippen LogP) is 1.02. The molecule has 1 aliphatic heterocycles. The SMILES string of the molecule is CC.CC1=CCNN1. The zero-order chi connectivity index (χ0) is 6.41. The highest BCUT2D eigenvalue weighted by Gasteiger charge is 1.90. The monoisotopic (exact) mass is 114 g/mol. The molecule has 0 aromatic heterocycles. The molecule has 0 bridgehead atoms. The molecule has 0 unspecified atom stereocenters. The van der Waals surface area contributed by atoms with Crippen LogP contribution in [0.3, 0.4) is 0 Å². The Morgan fingerprint density at radius 3 is 2.25 bits per heavy atom. The molecule has 2 nitrogen and oxygen atoms in total. The van der Waals surface area contributed by atoms with Gasteiger partial charge in [-0.25, -0.2) is 5.43 Å². The Kier molecular flexibility index (Phi) is 4.36. The molecule has 2 heteroatoms. The lowest BCUT2D eigenvalue weighted by molar-refractivity contribution is 0.700. The predicted molar refractivity (Wildman–Crippen MR) is 36.2 cm³/mol. The lowest BCUT2D eigenvalue weighted by Crippen LogP contribution is -2.22. The van der Waals surface area contributed by atoms with Crippen molar-refractivity contribution in [2.45, 2.75) is 20.8 Å². The second kappa shape index (κ2) is 4.65. The summed E-state index contributed by atoms with van der Waals surface area (Å²) in [6, 6.07) is 0. The Morgan fingerprint density at radius 2 is 2.12 bits per heavy atom. The molecule has 0 amide bonds. The number of allylic oxidation sites excluding steroid dienone is 1. The van der Waals surface area contributed by atoms with Gasteiger partial charge in [0.1, 0.15) is 0 Å². The average molecular weight is 114 g/mol. The van der Waals surface area contributed by atoms with Gasteiger partial charge in [0, 0.05) is 12.2 Å². The average Bonchev–Trinajstić information content (AvgIpc) is 2.24. The highest BCUT2D eigenvalue weighted by Crippen LogP contribution is 1.85. The van der Waals surface area contributed by atoms with E-state index in [1.54, 1.807) is 0 Å². The van der Waals surface area contributed by atoms with Crippen LogP contribution >= 0.6 is 0 Å². The number of hydrogen-bond donors (Lipinski definition) is 2. The van der Waals surface area contributed by atoms with Crippen LogP contribution in [-0.4, -0.2) is 6.54 Å². The Morgan fingerprint density at radius 1 is 1.50 bits per heavy atom. The van der Waals surface area contributed by atoms with Gasteiger partial charge in [-0.3, -0.25) is 0 Å². The highest BCUT2D eigenvalue weighted by molar-refractivity contribution is 4.99. The van der Waals surface area contributed by atoms with Crippen molar-refractivity contribution in [3.63, 3.8) is 0 Å². The fourth-order valence-corrected chi connectivity index (χ4v) is 0.446. The molecule has 0 aromatic carbocycles. The van der Waals surface area contributed by atoms with E-state index in [-0.39, 0.29) is 0 Å². The minimum atomic E-state index is 0.964. The minimum Gasteiger partial charge on any atom is -0.326 e. The summed E-state index contributed by atoms with van der Waals surface area (Å²) in [7, 11) is 0. The van der Waals surface area contributed by atoms with E-state index in [9.17, 15) is 0 Å². The third-order valence-corrected chi connectivity index (χ3v) is 0.796. The van der Waals surface area contributed by atoms with Crippen LogP contribution in [0.4, 0.5) is 0 Å². The Balaban J connectivity index is 0.000000222. The van der Waals surface area contributed by atoms with Crippen LogP contribution in [0.1, 0.15) is 20.8 Å². The van der Waals surface area contributed by atoms with E-state index in [0.29, 0.717) is 0 Å². The van der Waals surface area contributed by atoms with Crippen LogP contribution < -0.4 is 10.9 Å². The normalized spacial score (nSPS) is 15.6. The van der Waals surface area contributed by atoms with Crippen LogP contribution in [0.5, 0.6) is 0 Å². The van der Waals surface area contributed by atoms with Gasteiger partial charge in [0.15, 0.2) is 0 Å². The van der Waals surface area contributed by atoms with E-state index >= 15 is 0 Å². The van der Waals surface area contributed by atoms with E-state index in [2.05, 4.69) is 16.9 Å². The first-order valence-electron chi connectivity index (χ1n) is 3.05. The Labute approximate surface area is 50.9 Å². The minimum absolute atomic E-state index is 0.964. The van der Waals surface area contributed by atoms with E-state index in [0.717, 1.165) is 6.54 Å². The number of rotatable bonds is 0. The molecule has 1 heterocycles. The smallest absolute Gasteiger partial charge is 0.0348 e. The number of nitrogens with one attached hydrogen (secondary N) is 2. The van der Waals surface area contributed by atoms with Crippen molar-refractivity contribution in [1.82, 2.24) is 10.9 Å². The molecular formula is C6H14N2. The summed E-state index contributed by atoms with van der Waals surface area (Å²) in [6.07, 6.45) is 2.10. The van der Waals surface area contributed by atoms with Gasteiger partial charge in [0.2, 0.25) is 0 Å². The zero-order valence-corrected chi connectivity index (χ0v) is 5.78. The second-order valence-electron chi connectivity index (χ2n) is 1.39. The van der Waals surface area contributed by atoms with E-state index in [4.69, 9.17) is 0 Å². The van der Waals surface area contributed by atoms with Gasteiger partial charge in [-0.15, -0.1) is 0 Å². The van der Waals surface area contributed by atoms with Gasteiger partial charge >= 0.3 is 0 Å². The van der Waals surface area contributed by atoms with Gasteiger partial charge in [-0.1, -0.05) is 13.8 Å². The van der Waals surface area contributed by atoms with Gasteiger partial charge < -0.3 is 5.43 Å². The molecule has 2 N–H and O–H groups in total. The molecule has 48 valence electrons. The van der Waals surface area contributed by atoms with E-state index < -0.39 is 0 Å². The molecule has 1 rings (SSSR count). The topological polar surface area (TPSA) is 24.1 Å². The maximum atomic E-state index is 2.93. The maximum Gasteiger partial charge on any atom is 0.0348 e. The van der Waals surface area contributed by atoms with Crippen molar-refractivity contribution >= 4 is 0 Å². The molecule has 0 aliphatic carbocycles. The summed E-state index contributed by atoms with van der Waals surface area (Å²) in [5.41, 5.74) is 7.08. The van der Waals surface area contributed by atoms with Gasteiger partial charge in [0.05, 0.1) is 0 Å². The van der Waals surface area contributed by atoms with Crippen molar-refractivity contribution in [2.24, 2.45) is 0 Å². The van der Waals surface area contributed by atoms with Crippen LogP contribution in [0.25, 0.3) is 0 Å². The maximum absolute atomic E-state index is 2.93. The third-order valence-electron chi connectivity index (χ3n) is 0.796. The van der Waals surface area contributed by atoms with Crippen molar-refractivity contribution in [2.75, 3.05) is 6.54 Å². The van der Waals surface area contributed by atoms with Crippen LogP contribution in [0.15, 0.2) is 11.8 Å². The van der Waals surface area contributed by atoms with Gasteiger partial charge in [0.25, 0.3) is 0 Å². The quantitative estimate of drug-likeness (QED) is 0.491. The molecule has 0 fully saturated rings. The first-order chi connectivity index (χ1) is 3.89. The standard InChI is InChI=1S/C4H8N2.C2H6/c1-4-2-3-5-6-4;1-2/h2,5-6H,3H2,1H3;1-2H3. The lowest BCUT2D eigenvalue weighted by atomic mass is 10.5. The van der Waals surface area contributed by atoms with Crippen molar-refractivity contribution < 1.29 is 0 Å². The lowest BCUT2D eigenvalue weighted by Gasteiger charge is -1.91. The summed E-state index contributed by atoms with van der Waals surface area (Å²) in [5, 5.41) is 0. The van der Waals surface area contributed by atoms with Crippen molar-refractivity contribution in [3.05, 3.63) is 11.8 Å². The number of hydrazine groups is 1. The van der Waals surface area contributed by atoms with E-state index in [1.807, 2.05) is 20.8 Å². The second-order valence-corrected chi connectivity index (χ2v) is 1.39. The molecule has 0 atom stereocenters. The van der Waals surface area contributed by atoms with Crippen molar-refractivity contribution in [1.29, 1.82) is 0 Å². The first-order valence-corrected chi connectivity index (χ1v) is 3.05. The Bertz CT molecular complexity index is 76.6. The molecular weight excluding hydrogens is 100 g/mol. The summed E-state index contributed by atoms with van der Waals surface area (Å²) in [5.74, 6) is 0. The van der Waals surface area contributed by atoms with Crippen LogP contribution in [0.2, 0.25) is 0 Å². The largest absolute Gasteiger partial charge is 0.326 e. The van der Waals surface area contributed by atoms with E-state index in [1.165, 1.54) is 5.70 Å². The molecule has 0 saturated carbocycles. The van der Waals surface area contributed by atoms with Crippen molar-refractivity contribution in [3.8, 4) is 0 Å². The fourth-order valence-electron chi connectivity index (χ4n) is 0.446. The molecule has 0 saturated heterocycles. The fraction of sp³-hybridized carbons (Fsp3) is 0.667. The molecule has 0 aromatic rings. The summed E-state index contributed by atoms with van der Waals surface area (Å²) in [4.78, 5) is 0. The summed E-state index contributed by atoms with van der Waals surface area (Å²) in [6.45, 7) is 6.99. The Hall–Kier alpha value is -0.500. The zero-order valence-electron chi connectivity index (χ0n) is 5.78. The summed E-state index contributed by atoms with van der Waals surface area (Å²) < 4.78 is 0. The van der Waals surface area contributed by atoms with Crippen LogP contribution in [-0.2, 0) is 0 Å². The van der Waals surface area contributed by atoms with Gasteiger partial charge in [-0.2, -0.15) is 0 Å². The summed E-state index contributed by atoms with van der Waals surface area (Å²) >= 11 is 0. The molecule has 1 aliphatic rings. The first kappa shape index (κ1) is 7.50. The number of hydrogen-bond acceptors (Lipinski definition) is 2. The molecule has 0 spiro atoms.